The van der Waals surface area contributed by atoms with Crippen molar-refractivity contribution >= 4 is 5.97 Å². The van der Waals surface area contributed by atoms with Gasteiger partial charge in [0, 0.05) is 0 Å². The Morgan fingerprint density at radius 3 is 2.27 bits per heavy atom. The van der Waals surface area contributed by atoms with Crippen LogP contribution in [-0.4, -0.2) is 21.8 Å². The van der Waals surface area contributed by atoms with E-state index in [0.29, 0.717) is 12.8 Å². The second-order valence-electron chi connectivity index (χ2n) is 2.90. The SMILES string of the molecule is CCCC(O)(CC)CC(=O)O. The van der Waals surface area contributed by atoms with Crippen molar-refractivity contribution in [2.75, 3.05) is 0 Å². The van der Waals surface area contributed by atoms with E-state index in [9.17, 15) is 9.90 Å². The Hall–Kier alpha value is -0.570. The molecule has 0 heterocycles. The van der Waals surface area contributed by atoms with Gasteiger partial charge in [-0.3, -0.25) is 4.79 Å². The molecule has 0 amide bonds. The van der Waals surface area contributed by atoms with Crippen LogP contribution in [0, 0.1) is 0 Å². The molecule has 1 atom stereocenters. The zero-order chi connectivity index (χ0) is 8.91. The van der Waals surface area contributed by atoms with E-state index < -0.39 is 11.6 Å². The summed E-state index contributed by atoms with van der Waals surface area (Å²) in [5.74, 6) is -0.928. The molecule has 0 aromatic carbocycles. The minimum Gasteiger partial charge on any atom is -0.481 e. The molecule has 11 heavy (non-hydrogen) atoms. The molecular formula is C8H16O3. The lowest BCUT2D eigenvalue weighted by Crippen LogP contribution is -2.30. The summed E-state index contributed by atoms with van der Waals surface area (Å²) in [7, 11) is 0. The molecular weight excluding hydrogens is 144 g/mol. The molecule has 0 aliphatic carbocycles. The molecule has 1 unspecified atom stereocenters. The van der Waals surface area contributed by atoms with Crippen LogP contribution in [0.5, 0.6) is 0 Å². The van der Waals surface area contributed by atoms with Gasteiger partial charge < -0.3 is 10.2 Å². The fourth-order valence-corrected chi connectivity index (χ4v) is 1.14. The van der Waals surface area contributed by atoms with E-state index >= 15 is 0 Å². The van der Waals surface area contributed by atoms with Gasteiger partial charge in [-0.25, -0.2) is 0 Å². The van der Waals surface area contributed by atoms with Gasteiger partial charge in [0.2, 0.25) is 0 Å². The summed E-state index contributed by atoms with van der Waals surface area (Å²) >= 11 is 0. The van der Waals surface area contributed by atoms with Crippen molar-refractivity contribution in [1.82, 2.24) is 0 Å². The highest BCUT2D eigenvalue weighted by Gasteiger charge is 2.26. The van der Waals surface area contributed by atoms with Crippen LogP contribution < -0.4 is 0 Å². The number of hydrogen-bond acceptors (Lipinski definition) is 2. The molecule has 0 aromatic rings. The molecule has 66 valence electrons. The Morgan fingerprint density at radius 2 is 2.00 bits per heavy atom. The second kappa shape index (κ2) is 4.34. The highest BCUT2D eigenvalue weighted by atomic mass is 16.4. The maximum atomic E-state index is 10.3. The summed E-state index contributed by atoms with van der Waals surface area (Å²) in [5.41, 5.74) is -0.986. The van der Waals surface area contributed by atoms with Crippen LogP contribution in [-0.2, 0) is 4.79 Å². The molecule has 3 nitrogen and oxygen atoms in total. The number of rotatable bonds is 5. The van der Waals surface area contributed by atoms with E-state index in [4.69, 9.17) is 5.11 Å². The van der Waals surface area contributed by atoms with Crippen molar-refractivity contribution in [2.45, 2.75) is 45.1 Å². The number of hydrogen-bond donors (Lipinski definition) is 2. The van der Waals surface area contributed by atoms with Gasteiger partial charge in [-0.05, 0) is 12.8 Å². The molecule has 2 N–H and O–H groups in total. The number of aliphatic hydroxyl groups is 1. The Bertz CT molecular complexity index is 133. The molecule has 0 saturated carbocycles. The fraction of sp³-hybridized carbons (Fsp3) is 0.875. The van der Waals surface area contributed by atoms with Crippen molar-refractivity contribution in [2.24, 2.45) is 0 Å². The molecule has 0 radical (unpaired) electrons. The minimum absolute atomic E-state index is 0.142. The lowest BCUT2D eigenvalue weighted by Gasteiger charge is -2.23. The average Bonchev–Trinajstić information content (AvgIpc) is 1.87. The van der Waals surface area contributed by atoms with E-state index in [-0.39, 0.29) is 6.42 Å². The molecule has 3 heteroatoms. The summed E-state index contributed by atoms with van der Waals surface area (Å²) in [6.07, 6.45) is 1.75. The smallest absolute Gasteiger partial charge is 0.306 e. The normalized spacial score (nSPS) is 15.9. The zero-order valence-electron chi connectivity index (χ0n) is 7.13. The molecule has 0 aliphatic heterocycles. The number of carboxylic acids is 1. The van der Waals surface area contributed by atoms with Crippen molar-refractivity contribution in [3.63, 3.8) is 0 Å². The predicted molar refractivity (Wildman–Crippen MR) is 42.4 cm³/mol. The first-order chi connectivity index (χ1) is 5.04. The predicted octanol–water partition coefficient (Wildman–Crippen LogP) is 1.40. The molecule has 0 saturated heterocycles. The zero-order valence-corrected chi connectivity index (χ0v) is 7.13. The van der Waals surface area contributed by atoms with Crippen molar-refractivity contribution in [3.8, 4) is 0 Å². The quantitative estimate of drug-likeness (QED) is 0.639. The van der Waals surface area contributed by atoms with Crippen LogP contribution in [0.3, 0.4) is 0 Å². The van der Waals surface area contributed by atoms with Crippen LogP contribution in [0.15, 0.2) is 0 Å². The van der Waals surface area contributed by atoms with Crippen molar-refractivity contribution in [1.29, 1.82) is 0 Å². The number of aliphatic carboxylic acids is 1. The maximum absolute atomic E-state index is 10.3. The highest BCUT2D eigenvalue weighted by Crippen LogP contribution is 2.20. The number of carbonyl (C=O) groups is 1. The topological polar surface area (TPSA) is 57.5 Å². The Balaban J connectivity index is 3.98. The largest absolute Gasteiger partial charge is 0.481 e. The Labute approximate surface area is 67.0 Å². The van der Waals surface area contributed by atoms with Gasteiger partial charge in [0.05, 0.1) is 12.0 Å². The van der Waals surface area contributed by atoms with E-state index in [0.717, 1.165) is 6.42 Å². The van der Waals surface area contributed by atoms with Gasteiger partial charge in [-0.15, -0.1) is 0 Å². The maximum Gasteiger partial charge on any atom is 0.306 e. The summed E-state index contributed by atoms with van der Waals surface area (Å²) in [4.78, 5) is 10.3. The first-order valence-corrected chi connectivity index (χ1v) is 3.98. The molecule has 0 aliphatic rings. The third-order valence-electron chi connectivity index (χ3n) is 1.85. The monoisotopic (exact) mass is 160 g/mol. The highest BCUT2D eigenvalue weighted by molar-refractivity contribution is 5.68. The summed E-state index contributed by atoms with van der Waals surface area (Å²) in [5, 5.41) is 18.1. The van der Waals surface area contributed by atoms with Crippen LogP contribution >= 0.6 is 0 Å². The summed E-state index contributed by atoms with van der Waals surface area (Å²) < 4.78 is 0. The van der Waals surface area contributed by atoms with E-state index in [1.54, 1.807) is 6.92 Å². The van der Waals surface area contributed by atoms with Gasteiger partial charge in [-0.2, -0.15) is 0 Å². The fourth-order valence-electron chi connectivity index (χ4n) is 1.14. The van der Waals surface area contributed by atoms with Crippen LogP contribution in [0.1, 0.15) is 39.5 Å². The minimum atomic E-state index is -0.986. The van der Waals surface area contributed by atoms with Crippen LogP contribution in [0.4, 0.5) is 0 Å². The molecule has 0 fully saturated rings. The van der Waals surface area contributed by atoms with E-state index in [1.165, 1.54) is 0 Å². The van der Waals surface area contributed by atoms with Crippen molar-refractivity contribution in [3.05, 3.63) is 0 Å². The lowest BCUT2D eigenvalue weighted by atomic mass is 9.91. The molecule has 0 bridgehead atoms. The van der Waals surface area contributed by atoms with Crippen LogP contribution in [0.25, 0.3) is 0 Å². The van der Waals surface area contributed by atoms with Crippen molar-refractivity contribution < 1.29 is 15.0 Å². The molecule has 0 spiro atoms. The first-order valence-electron chi connectivity index (χ1n) is 3.98. The van der Waals surface area contributed by atoms with Gasteiger partial charge in [0.25, 0.3) is 0 Å². The molecule has 0 aromatic heterocycles. The van der Waals surface area contributed by atoms with Crippen LogP contribution in [0.2, 0.25) is 0 Å². The van der Waals surface area contributed by atoms with E-state index in [1.807, 2.05) is 6.92 Å². The molecule has 0 rings (SSSR count). The third kappa shape index (κ3) is 3.98. The van der Waals surface area contributed by atoms with Gasteiger partial charge in [0.15, 0.2) is 0 Å². The van der Waals surface area contributed by atoms with Gasteiger partial charge >= 0.3 is 5.97 Å². The summed E-state index contributed by atoms with van der Waals surface area (Å²) in [6, 6.07) is 0. The standard InChI is InChI=1S/C8H16O3/c1-3-5-8(11,4-2)6-7(9)10/h11H,3-6H2,1-2H3,(H,9,10). The van der Waals surface area contributed by atoms with Gasteiger partial charge in [0.1, 0.15) is 0 Å². The second-order valence-corrected chi connectivity index (χ2v) is 2.90. The first kappa shape index (κ1) is 10.4. The van der Waals surface area contributed by atoms with E-state index in [2.05, 4.69) is 0 Å². The van der Waals surface area contributed by atoms with Gasteiger partial charge in [-0.1, -0.05) is 20.3 Å². The number of carboxylic acid groups (broad SMARTS) is 1. The summed E-state index contributed by atoms with van der Waals surface area (Å²) in [6.45, 7) is 3.74. The average molecular weight is 160 g/mol. The lowest BCUT2D eigenvalue weighted by molar-refractivity contribution is -0.143. The Kier molecular flexibility index (Phi) is 4.11. The third-order valence-corrected chi connectivity index (χ3v) is 1.85. The Morgan fingerprint density at radius 1 is 1.45 bits per heavy atom.